The highest BCUT2D eigenvalue weighted by atomic mass is 16.6. The number of nitrogens with zero attached hydrogens (tertiary/aromatic N) is 1. The summed E-state index contributed by atoms with van der Waals surface area (Å²) < 4.78 is 10.8. The van der Waals surface area contributed by atoms with E-state index in [4.69, 9.17) is 9.47 Å². The highest BCUT2D eigenvalue weighted by Crippen LogP contribution is 2.21. The van der Waals surface area contributed by atoms with Crippen LogP contribution >= 0.6 is 0 Å². The molecule has 0 fully saturated rings. The number of benzene rings is 1. The minimum Gasteiger partial charge on any atom is -0.494 e. The molecular weight excluding hydrogens is 348 g/mol. The Hall–Kier alpha value is -2.28. The normalized spacial score (nSPS) is 12.2. The largest absolute Gasteiger partial charge is 0.494 e. The van der Waals surface area contributed by atoms with Crippen LogP contribution < -0.4 is 10.1 Å². The number of aliphatic hydroxyl groups is 1. The number of nitrogens with one attached hydrogen (secondary N) is 1. The monoisotopic (exact) mass is 380 g/mol. The van der Waals surface area contributed by atoms with Crippen LogP contribution in [0.15, 0.2) is 24.3 Å². The first kappa shape index (κ1) is 22.8. The summed E-state index contributed by atoms with van der Waals surface area (Å²) in [5.41, 5.74) is 0.161. The third kappa shape index (κ3) is 9.84. The van der Waals surface area contributed by atoms with Crippen molar-refractivity contribution in [1.82, 2.24) is 10.2 Å². The van der Waals surface area contributed by atoms with Crippen molar-refractivity contribution in [2.45, 2.75) is 51.7 Å². The maximum absolute atomic E-state index is 11.6. The molecule has 0 saturated heterocycles. The second-order valence-electron chi connectivity index (χ2n) is 7.55. The van der Waals surface area contributed by atoms with Crippen molar-refractivity contribution in [3.63, 3.8) is 0 Å². The predicted molar refractivity (Wildman–Crippen MR) is 104 cm³/mol. The molecule has 0 heterocycles. The number of rotatable bonds is 9. The van der Waals surface area contributed by atoms with Gasteiger partial charge in [0.05, 0.1) is 12.7 Å². The summed E-state index contributed by atoms with van der Waals surface area (Å²) in [7, 11) is 3.46. The van der Waals surface area contributed by atoms with Gasteiger partial charge in [-0.25, -0.2) is 4.79 Å². The van der Waals surface area contributed by atoms with Crippen molar-refractivity contribution in [1.29, 1.82) is 0 Å². The van der Waals surface area contributed by atoms with E-state index in [1.807, 2.05) is 6.07 Å². The van der Waals surface area contributed by atoms with E-state index in [9.17, 15) is 14.7 Å². The summed E-state index contributed by atoms with van der Waals surface area (Å²) in [6.45, 7) is 6.11. The fraction of sp³-hybridized carbons (Fsp3) is 0.600. The zero-order valence-corrected chi connectivity index (χ0v) is 16.9. The van der Waals surface area contributed by atoms with Crippen LogP contribution in [0.5, 0.6) is 5.75 Å². The molecule has 1 atom stereocenters. The Bertz CT molecular complexity index is 611. The topological polar surface area (TPSA) is 88.1 Å². The zero-order chi connectivity index (χ0) is 20.4. The van der Waals surface area contributed by atoms with E-state index in [2.05, 4.69) is 5.32 Å². The van der Waals surface area contributed by atoms with Crippen LogP contribution in [0.1, 0.15) is 51.7 Å². The first-order valence-corrected chi connectivity index (χ1v) is 9.16. The molecule has 0 aliphatic rings. The van der Waals surface area contributed by atoms with Gasteiger partial charge in [-0.15, -0.1) is 0 Å². The average molecular weight is 380 g/mol. The molecule has 1 aromatic carbocycles. The van der Waals surface area contributed by atoms with Crippen molar-refractivity contribution in [2.75, 3.05) is 27.2 Å². The lowest BCUT2D eigenvalue weighted by Crippen LogP contribution is -2.33. The SMILES string of the molecule is CN(C)C(=O)CCCOc1cccc(C(O)CCNC(=O)OC(C)(C)C)c1. The van der Waals surface area contributed by atoms with Crippen LogP contribution in [0.4, 0.5) is 4.79 Å². The smallest absolute Gasteiger partial charge is 0.407 e. The molecule has 1 rings (SSSR count). The summed E-state index contributed by atoms with van der Waals surface area (Å²) >= 11 is 0. The number of alkyl carbamates (subject to hydrolysis) is 1. The third-order valence-corrected chi connectivity index (χ3v) is 3.63. The molecule has 0 saturated carbocycles. The number of ether oxygens (including phenoxy) is 2. The third-order valence-electron chi connectivity index (χ3n) is 3.63. The second kappa shape index (κ2) is 10.8. The number of hydrogen-bond acceptors (Lipinski definition) is 5. The maximum atomic E-state index is 11.6. The van der Waals surface area contributed by atoms with E-state index in [0.29, 0.717) is 43.7 Å². The van der Waals surface area contributed by atoms with Crippen molar-refractivity contribution < 1.29 is 24.2 Å². The predicted octanol–water partition coefficient (Wildman–Crippen LogP) is 2.88. The van der Waals surface area contributed by atoms with Gasteiger partial charge in [0.15, 0.2) is 0 Å². The average Bonchev–Trinajstić information content (AvgIpc) is 2.57. The van der Waals surface area contributed by atoms with Crippen LogP contribution in [0.25, 0.3) is 0 Å². The zero-order valence-electron chi connectivity index (χ0n) is 16.9. The van der Waals surface area contributed by atoms with E-state index >= 15 is 0 Å². The van der Waals surface area contributed by atoms with Gasteiger partial charge in [0.25, 0.3) is 0 Å². The fourth-order valence-corrected chi connectivity index (χ4v) is 2.24. The molecule has 7 heteroatoms. The Balaban J connectivity index is 2.39. The first-order chi connectivity index (χ1) is 12.6. The number of amides is 2. The molecule has 0 spiro atoms. The molecule has 7 nitrogen and oxygen atoms in total. The lowest BCUT2D eigenvalue weighted by atomic mass is 10.1. The summed E-state index contributed by atoms with van der Waals surface area (Å²) in [6, 6.07) is 7.19. The highest BCUT2D eigenvalue weighted by molar-refractivity contribution is 5.75. The number of carbonyl (C=O) groups is 2. The minimum absolute atomic E-state index is 0.0697. The molecule has 2 amide bonds. The molecule has 27 heavy (non-hydrogen) atoms. The van der Waals surface area contributed by atoms with Gasteiger partial charge in [0.2, 0.25) is 5.91 Å². The molecule has 0 aliphatic heterocycles. The second-order valence-corrected chi connectivity index (χ2v) is 7.55. The van der Waals surface area contributed by atoms with Crippen molar-refractivity contribution in [3.05, 3.63) is 29.8 Å². The van der Waals surface area contributed by atoms with Crippen LogP contribution in [-0.4, -0.2) is 54.9 Å². The Morgan fingerprint density at radius 2 is 1.96 bits per heavy atom. The van der Waals surface area contributed by atoms with Gasteiger partial charge in [0.1, 0.15) is 11.4 Å². The summed E-state index contributed by atoms with van der Waals surface area (Å²) in [6.07, 6.45) is 0.202. The van der Waals surface area contributed by atoms with Gasteiger partial charge in [-0.05, 0) is 51.3 Å². The standard InChI is InChI=1S/C20H32N2O5/c1-20(2,3)27-19(25)21-12-11-17(23)15-8-6-9-16(14-15)26-13-7-10-18(24)22(4)5/h6,8-9,14,17,23H,7,10-13H2,1-5H3,(H,21,25). The Morgan fingerprint density at radius 1 is 1.26 bits per heavy atom. The minimum atomic E-state index is -0.723. The lowest BCUT2D eigenvalue weighted by Gasteiger charge is -2.20. The Morgan fingerprint density at radius 3 is 2.59 bits per heavy atom. The summed E-state index contributed by atoms with van der Waals surface area (Å²) in [5.74, 6) is 0.712. The van der Waals surface area contributed by atoms with Gasteiger partial charge in [-0.3, -0.25) is 4.79 Å². The Kier molecular flexibility index (Phi) is 9.08. The lowest BCUT2D eigenvalue weighted by molar-refractivity contribution is -0.128. The molecular formula is C20H32N2O5. The van der Waals surface area contributed by atoms with Crippen LogP contribution in [0.2, 0.25) is 0 Å². The first-order valence-electron chi connectivity index (χ1n) is 9.16. The molecule has 0 radical (unpaired) electrons. The quantitative estimate of drug-likeness (QED) is 0.643. The van der Waals surface area contributed by atoms with Crippen LogP contribution in [0.3, 0.4) is 0 Å². The number of hydrogen-bond donors (Lipinski definition) is 2. The molecule has 0 bridgehead atoms. The van der Waals surface area contributed by atoms with E-state index in [1.54, 1.807) is 58.0 Å². The van der Waals surface area contributed by atoms with E-state index in [0.717, 1.165) is 0 Å². The molecule has 1 aromatic rings. The maximum Gasteiger partial charge on any atom is 0.407 e. The molecule has 1 unspecified atom stereocenters. The van der Waals surface area contributed by atoms with E-state index in [1.165, 1.54) is 0 Å². The molecule has 0 aliphatic carbocycles. The summed E-state index contributed by atoms with van der Waals surface area (Å²) in [4.78, 5) is 24.7. The highest BCUT2D eigenvalue weighted by Gasteiger charge is 2.16. The van der Waals surface area contributed by atoms with Crippen LogP contribution in [0, 0.1) is 0 Å². The fourth-order valence-electron chi connectivity index (χ4n) is 2.24. The molecule has 0 aromatic heterocycles. The number of aliphatic hydroxyl groups excluding tert-OH is 1. The van der Waals surface area contributed by atoms with Crippen LogP contribution in [-0.2, 0) is 9.53 Å². The van der Waals surface area contributed by atoms with E-state index < -0.39 is 17.8 Å². The molecule has 2 N–H and O–H groups in total. The van der Waals surface area contributed by atoms with Gasteiger partial charge >= 0.3 is 6.09 Å². The van der Waals surface area contributed by atoms with Gasteiger partial charge in [-0.1, -0.05) is 12.1 Å². The summed E-state index contributed by atoms with van der Waals surface area (Å²) in [5, 5.41) is 12.9. The Labute approximate surface area is 161 Å². The van der Waals surface area contributed by atoms with Crippen molar-refractivity contribution in [3.8, 4) is 5.75 Å². The van der Waals surface area contributed by atoms with Gasteiger partial charge in [0, 0.05) is 27.1 Å². The van der Waals surface area contributed by atoms with Gasteiger partial charge in [-0.2, -0.15) is 0 Å². The van der Waals surface area contributed by atoms with Gasteiger partial charge < -0.3 is 24.8 Å². The molecule has 152 valence electrons. The van der Waals surface area contributed by atoms with E-state index in [-0.39, 0.29) is 5.91 Å². The number of carbonyl (C=O) groups excluding carboxylic acids is 2. The van der Waals surface area contributed by atoms with Crippen molar-refractivity contribution in [2.24, 2.45) is 0 Å². The van der Waals surface area contributed by atoms with Crippen molar-refractivity contribution >= 4 is 12.0 Å².